The summed E-state index contributed by atoms with van der Waals surface area (Å²) >= 11 is 0. The second kappa shape index (κ2) is 8.62. The number of aliphatic carboxylic acids is 1. The number of aryl methyl sites for hydroxylation is 1. The highest BCUT2D eigenvalue weighted by molar-refractivity contribution is 5.74. The number of hydrogen-bond acceptors (Lipinski definition) is 4. The SMILES string of the molecule is CCC(CC)(CNC(C)CCc1ccccc1[N+](=O)[O-])C(=O)O. The summed E-state index contributed by atoms with van der Waals surface area (Å²) in [6, 6.07) is 6.82. The standard InChI is InChI=1S/C17H26N2O4/c1-4-17(5-2,16(20)21)12-18-13(3)10-11-14-8-6-7-9-15(14)19(22)23/h6-9,13,18H,4-5,10-12H2,1-3H3,(H,20,21). The number of carbonyl (C=O) groups is 1. The van der Waals surface area contributed by atoms with Crippen molar-refractivity contribution in [1.82, 2.24) is 5.32 Å². The highest BCUT2D eigenvalue weighted by atomic mass is 16.6. The molecule has 0 saturated heterocycles. The van der Waals surface area contributed by atoms with Crippen molar-refractivity contribution in [1.29, 1.82) is 0 Å². The molecule has 0 heterocycles. The third kappa shape index (κ3) is 5.03. The first-order chi connectivity index (χ1) is 10.9. The van der Waals surface area contributed by atoms with E-state index < -0.39 is 11.4 Å². The van der Waals surface area contributed by atoms with Gasteiger partial charge in [0.15, 0.2) is 0 Å². The van der Waals surface area contributed by atoms with E-state index in [0.29, 0.717) is 37.8 Å². The first-order valence-electron chi connectivity index (χ1n) is 8.05. The van der Waals surface area contributed by atoms with E-state index in [1.807, 2.05) is 20.8 Å². The third-order valence-corrected chi connectivity index (χ3v) is 4.63. The van der Waals surface area contributed by atoms with Gasteiger partial charge < -0.3 is 10.4 Å². The minimum Gasteiger partial charge on any atom is -0.481 e. The fraction of sp³-hybridized carbons (Fsp3) is 0.588. The van der Waals surface area contributed by atoms with Gasteiger partial charge in [0, 0.05) is 24.2 Å². The van der Waals surface area contributed by atoms with Crippen LogP contribution in [0.5, 0.6) is 0 Å². The Bertz CT molecular complexity index is 541. The molecule has 0 aliphatic carbocycles. The lowest BCUT2D eigenvalue weighted by Gasteiger charge is -2.28. The van der Waals surface area contributed by atoms with Crippen molar-refractivity contribution < 1.29 is 14.8 Å². The molecular weight excluding hydrogens is 296 g/mol. The number of benzene rings is 1. The predicted molar refractivity (Wildman–Crippen MR) is 89.5 cm³/mol. The topological polar surface area (TPSA) is 92.5 Å². The second-order valence-corrected chi connectivity index (χ2v) is 6.00. The molecule has 0 aliphatic heterocycles. The smallest absolute Gasteiger partial charge is 0.310 e. The summed E-state index contributed by atoms with van der Waals surface area (Å²) in [4.78, 5) is 22.1. The molecule has 0 spiro atoms. The van der Waals surface area contributed by atoms with E-state index in [1.54, 1.807) is 18.2 Å². The van der Waals surface area contributed by atoms with Gasteiger partial charge >= 0.3 is 5.97 Å². The largest absolute Gasteiger partial charge is 0.481 e. The van der Waals surface area contributed by atoms with Crippen molar-refractivity contribution in [3.63, 3.8) is 0 Å². The maximum Gasteiger partial charge on any atom is 0.310 e. The molecule has 128 valence electrons. The zero-order valence-corrected chi connectivity index (χ0v) is 14.0. The zero-order valence-electron chi connectivity index (χ0n) is 14.0. The highest BCUT2D eigenvalue weighted by Crippen LogP contribution is 2.26. The molecule has 6 nitrogen and oxygen atoms in total. The number of para-hydroxylation sites is 1. The summed E-state index contributed by atoms with van der Waals surface area (Å²) in [5, 5.41) is 23.7. The average molecular weight is 322 g/mol. The first-order valence-corrected chi connectivity index (χ1v) is 8.05. The molecule has 1 aromatic rings. The van der Waals surface area contributed by atoms with Crippen molar-refractivity contribution in [3.8, 4) is 0 Å². The second-order valence-electron chi connectivity index (χ2n) is 6.00. The lowest BCUT2D eigenvalue weighted by Crippen LogP contribution is -2.43. The van der Waals surface area contributed by atoms with E-state index in [0.717, 1.165) is 0 Å². The molecule has 0 bridgehead atoms. The predicted octanol–water partition coefficient (Wildman–Crippen LogP) is 3.40. The van der Waals surface area contributed by atoms with Gasteiger partial charge in [0.25, 0.3) is 5.69 Å². The average Bonchev–Trinajstić information content (AvgIpc) is 2.54. The minimum atomic E-state index is -0.777. The van der Waals surface area contributed by atoms with Gasteiger partial charge in [-0.25, -0.2) is 0 Å². The van der Waals surface area contributed by atoms with E-state index >= 15 is 0 Å². The number of nitro benzene ring substituents is 1. The fourth-order valence-electron chi connectivity index (χ4n) is 2.62. The van der Waals surface area contributed by atoms with Crippen molar-refractivity contribution in [2.24, 2.45) is 5.41 Å². The maximum absolute atomic E-state index is 11.5. The fourth-order valence-corrected chi connectivity index (χ4v) is 2.62. The molecular formula is C17H26N2O4. The first kappa shape index (κ1) is 19.1. The number of carboxylic acids is 1. The van der Waals surface area contributed by atoms with Crippen molar-refractivity contribution in [2.45, 2.75) is 52.5 Å². The summed E-state index contributed by atoms with van der Waals surface area (Å²) < 4.78 is 0. The molecule has 1 atom stereocenters. The van der Waals surface area contributed by atoms with Crippen LogP contribution in [0.4, 0.5) is 5.69 Å². The Morgan fingerprint density at radius 2 is 1.96 bits per heavy atom. The minimum absolute atomic E-state index is 0.0895. The molecule has 0 fully saturated rings. The highest BCUT2D eigenvalue weighted by Gasteiger charge is 2.34. The molecule has 0 amide bonds. The number of carboxylic acid groups (broad SMARTS) is 1. The molecule has 1 unspecified atom stereocenters. The molecule has 0 saturated carbocycles. The van der Waals surface area contributed by atoms with Crippen LogP contribution in [0, 0.1) is 15.5 Å². The molecule has 0 radical (unpaired) electrons. The van der Waals surface area contributed by atoms with E-state index in [9.17, 15) is 20.0 Å². The Morgan fingerprint density at radius 3 is 2.48 bits per heavy atom. The number of nitro groups is 1. The summed E-state index contributed by atoms with van der Waals surface area (Å²) in [5.74, 6) is -0.777. The van der Waals surface area contributed by atoms with Crippen LogP contribution in [-0.4, -0.2) is 28.6 Å². The van der Waals surface area contributed by atoms with Gasteiger partial charge in [-0.3, -0.25) is 14.9 Å². The van der Waals surface area contributed by atoms with Crippen LogP contribution in [-0.2, 0) is 11.2 Å². The van der Waals surface area contributed by atoms with E-state index in [4.69, 9.17) is 0 Å². The molecule has 23 heavy (non-hydrogen) atoms. The van der Waals surface area contributed by atoms with Crippen LogP contribution >= 0.6 is 0 Å². The Hall–Kier alpha value is -1.95. The Labute approximate surface area is 137 Å². The summed E-state index contributed by atoms with van der Waals surface area (Å²) in [6.07, 6.45) is 2.45. The van der Waals surface area contributed by atoms with Gasteiger partial charge in [-0.2, -0.15) is 0 Å². The lowest BCUT2D eigenvalue weighted by atomic mass is 9.82. The van der Waals surface area contributed by atoms with Crippen LogP contribution in [0.25, 0.3) is 0 Å². The Kier molecular flexibility index (Phi) is 7.16. The Morgan fingerprint density at radius 1 is 1.35 bits per heavy atom. The molecule has 1 rings (SSSR count). The molecule has 0 aliphatic rings. The van der Waals surface area contributed by atoms with Gasteiger partial charge in [-0.15, -0.1) is 0 Å². The monoisotopic (exact) mass is 322 g/mol. The van der Waals surface area contributed by atoms with Gasteiger partial charge in [-0.1, -0.05) is 32.0 Å². The molecule has 2 N–H and O–H groups in total. The van der Waals surface area contributed by atoms with Crippen LogP contribution < -0.4 is 5.32 Å². The number of nitrogens with zero attached hydrogens (tertiary/aromatic N) is 1. The number of rotatable bonds is 10. The van der Waals surface area contributed by atoms with Crippen molar-refractivity contribution >= 4 is 11.7 Å². The van der Waals surface area contributed by atoms with Crippen LogP contribution in [0.15, 0.2) is 24.3 Å². The van der Waals surface area contributed by atoms with Gasteiger partial charge in [0.1, 0.15) is 0 Å². The number of nitrogens with one attached hydrogen (secondary N) is 1. The van der Waals surface area contributed by atoms with Crippen LogP contribution in [0.2, 0.25) is 0 Å². The summed E-state index contributed by atoms with van der Waals surface area (Å²) in [7, 11) is 0. The van der Waals surface area contributed by atoms with Gasteiger partial charge in [-0.05, 0) is 32.6 Å². The Balaban J connectivity index is 2.60. The molecule has 1 aromatic carbocycles. The quantitative estimate of drug-likeness (QED) is 0.509. The normalized spacial score (nSPS) is 12.8. The van der Waals surface area contributed by atoms with Crippen molar-refractivity contribution in [3.05, 3.63) is 39.9 Å². The van der Waals surface area contributed by atoms with E-state index in [-0.39, 0.29) is 16.7 Å². The van der Waals surface area contributed by atoms with Gasteiger partial charge in [0.2, 0.25) is 0 Å². The summed E-state index contributed by atoms with van der Waals surface area (Å²) in [6.45, 7) is 6.16. The van der Waals surface area contributed by atoms with Gasteiger partial charge in [0.05, 0.1) is 10.3 Å². The molecule has 0 aromatic heterocycles. The maximum atomic E-state index is 11.5. The third-order valence-electron chi connectivity index (χ3n) is 4.63. The van der Waals surface area contributed by atoms with Crippen molar-refractivity contribution in [2.75, 3.05) is 6.54 Å². The van der Waals surface area contributed by atoms with E-state index in [2.05, 4.69) is 5.32 Å². The zero-order chi connectivity index (χ0) is 17.5. The van der Waals surface area contributed by atoms with Crippen LogP contribution in [0.1, 0.15) is 45.6 Å². The van der Waals surface area contributed by atoms with Crippen LogP contribution in [0.3, 0.4) is 0 Å². The summed E-state index contributed by atoms with van der Waals surface area (Å²) in [5.41, 5.74) is 0.107. The number of hydrogen-bond donors (Lipinski definition) is 2. The molecule has 6 heteroatoms. The van der Waals surface area contributed by atoms with E-state index in [1.165, 1.54) is 6.07 Å². The lowest BCUT2D eigenvalue weighted by molar-refractivity contribution is -0.385.